The third-order valence-corrected chi connectivity index (χ3v) is 4.19. The molecule has 1 unspecified atom stereocenters. The van der Waals surface area contributed by atoms with E-state index in [1.165, 1.54) is 0 Å². The van der Waals surface area contributed by atoms with Crippen LogP contribution in [0.5, 0.6) is 11.5 Å². The minimum absolute atomic E-state index is 0.239. The van der Waals surface area contributed by atoms with E-state index < -0.39 is 0 Å². The molecule has 19 heavy (non-hydrogen) atoms. The first-order valence-corrected chi connectivity index (χ1v) is 7.22. The van der Waals surface area contributed by atoms with Gasteiger partial charge < -0.3 is 14.8 Å². The first-order chi connectivity index (χ1) is 8.79. The molecule has 1 N–H and O–H groups in total. The Morgan fingerprint density at radius 1 is 1.16 bits per heavy atom. The van der Waals surface area contributed by atoms with Gasteiger partial charge in [0, 0.05) is 17.1 Å². The van der Waals surface area contributed by atoms with Gasteiger partial charge in [-0.05, 0) is 30.0 Å². The van der Waals surface area contributed by atoms with Crippen molar-refractivity contribution in [3.63, 3.8) is 0 Å². The fourth-order valence-electron chi connectivity index (χ4n) is 1.60. The van der Waals surface area contributed by atoms with Gasteiger partial charge in [-0.25, -0.2) is 0 Å². The Bertz CT molecular complexity index is 427. The molecule has 0 aliphatic heterocycles. The van der Waals surface area contributed by atoms with Crippen molar-refractivity contribution in [2.75, 3.05) is 14.2 Å². The van der Waals surface area contributed by atoms with E-state index in [4.69, 9.17) is 9.47 Å². The molecule has 1 aromatic carbocycles. The highest BCUT2D eigenvalue weighted by Gasteiger charge is 2.19. The Morgan fingerprint density at radius 3 is 2.16 bits per heavy atom. The first-order valence-electron chi connectivity index (χ1n) is 6.43. The minimum atomic E-state index is 0.239. The van der Waals surface area contributed by atoms with Crippen molar-refractivity contribution in [3.05, 3.63) is 22.2 Å². The average Bonchev–Trinajstić information content (AvgIpc) is 2.35. The molecule has 0 amide bonds. The topological polar surface area (TPSA) is 30.5 Å². The van der Waals surface area contributed by atoms with E-state index in [1.807, 2.05) is 12.1 Å². The van der Waals surface area contributed by atoms with Gasteiger partial charge in [-0.3, -0.25) is 0 Å². The molecule has 1 atom stereocenters. The number of rotatable bonds is 5. The second-order valence-electron chi connectivity index (χ2n) is 5.77. The normalized spacial score (nSPS) is 13.2. The van der Waals surface area contributed by atoms with E-state index in [2.05, 4.69) is 48.9 Å². The molecule has 0 radical (unpaired) electrons. The van der Waals surface area contributed by atoms with Crippen molar-refractivity contribution < 1.29 is 9.47 Å². The lowest BCUT2D eigenvalue weighted by atomic mass is 9.88. The van der Waals surface area contributed by atoms with Crippen LogP contribution in [0.2, 0.25) is 0 Å². The zero-order chi connectivity index (χ0) is 14.6. The Labute approximate surface area is 124 Å². The molecular formula is C15H24BrNO2. The summed E-state index contributed by atoms with van der Waals surface area (Å²) >= 11 is 3.58. The predicted octanol–water partition coefficient (Wildman–Crippen LogP) is 3.99. The second-order valence-corrected chi connectivity index (χ2v) is 6.62. The van der Waals surface area contributed by atoms with Gasteiger partial charge in [0.15, 0.2) is 11.5 Å². The molecule has 3 nitrogen and oxygen atoms in total. The van der Waals surface area contributed by atoms with Crippen molar-refractivity contribution in [3.8, 4) is 11.5 Å². The molecule has 0 heterocycles. The largest absolute Gasteiger partial charge is 0.493 e. The van der Waals surface area contributed by atoms with Gasteiger partial charge in [-0.1, -0.05) is 36.7 Å². The lowest BCUT2D eigenvalue weighted by Crippen LogP contribution is -2.37. The summed E-state index contributed by atoms with van der Waals surface area (Å²) in [6, 6.07) is 4.37. The van der Waals surface area contributed by atoms with Crippen molar-refractivity contribution in [2.45, 2.75) is 40.3 Å². The molecule has 0 saturated heterocycles. The molecule has 0 saturated carbocycles. The zero-order valence-electron chi connectivity index (χ0n) is 12.6. The van der Waals surface area contributed by atoms with Crippen molar-refractivity contribution in [1.82, 2.24) is 5.32 Å². The maximum absolute atomic E-state index is 5.33. The van der Waals surface area contributed by atoms with Crippen LogP contribution in [0.15, 0.2) is 16.6 Å². The van der Waals surface area contributed by atoms with Gasteiger partial charge in [0.1, 0.15) is 0 Å². The highest BCUT2D eigenvalue weighted by atomic mass is 79.9. The maximum Gasteiger partial charge on any atom is 0.161 e. The lowest BCUT2D eigenvalue weighted by Gasteiger charge is -2.28. The van der Waals surface area contributed by atoms with E-state index in [1.54, 1.807) is 14.2 Å². The second kappa shape index (κ2) is 6.62. The fourth-order valence-corrected chi connectivity index (χ4v) is 2.06. The van der Waals surface area contributed by atoms with E-state index in [9.17, 15) is 0 Å². The van der Waals surface area contributed by atoms with Gasteiger partial charge >= 0.3 is 0 Å². The number of ether oxygens (including phenoxy) is 2. The predicted molar refractivity (Wildman–Crippen MR) is 83.0 cm³/mol. The molecule has 0 bridgehead atoms. The van der Waals surface area contributed by atoms with Crippen LogP contribution in [0, 0.1) is 5.41 Å². The van der Waals surface area contributed by atoms with Gasteiger partial charge in [-0.15, -0.1) is 0 Å². The molecule has 0 spiro atoms. The quantitative estimate of drug-likeness (QED) is 0.885. The summed E-state index contributed by atoms with van der Waals surface area (Å²) in [6.07, 6.45) is 0. The molecule has 1 rings (SSSR count). The number of halogens is 1. The summed E-state index contributed by atoms with van der Waals surface area (Å²) < 4.78 is 11.6. The number of hydrogen-bond donors (Lipinski definition) is 1. The molecule has 0 aromatic heterocycles. The molecule has 0 aliphatic carbocycles. The summed E-state index contributed by atoms with van der Waals surface area (Å²) in [7, 11) is 3.30. The molecular weight excluding hydrogens is 306 g/mol. The summed E-state index contributed by atoms with van der Waals surface area (Å²) in [5.41, 5.74) is 1.40. The van der Waals surface area contributed by atoms with Crippen LogP contribution in [0.25, 0.3) is 0 Å². The molecule has 0 aliphatic rings. The molecule has 108 valence electrons. The Morgan fingerprint density at radius 2 is 1.68 bits per heavy atom. The van der Waals surface area contributed by atoms with Crippen molar-refractivity contribution in [1.29, 1.82) is 0 Å². The fraction of sp³-hybridized carbons (Fsp3) is 0.600. The third-order valence-electron chi connectivity index (χ3n) is 3.45. The molecule has 4 heteroatoms. The van der Waals surface area contributed by atoms with Crippen LogP contribution >= 0.6 is 15.9 Å². The van der Waals surface area contributed by atoms with Gasteiger partial charge in [0.2, 0.25) is 0 Å². The summed E-state index contributed by atoms with van der Waals surface area (Å²) in [5, 5.41) is 3.54. The SMILES string of the molecule is COc1cc(Br)c(CNC(C)C(C)(C)C)cc1OC. The highest BCUT2D eigenvalue weighted by molar-refractivity contribution is 9.10. The summed E-state index contributed by atoms with van der Waals surface area (Å²) in [5.74, 6) is 1.49. The summed E-state index contributed by atoms with van der Waals surface area (Å²) in [4.78, 5) is 0. The zero-order valence-corrected chi connectivity index (χ0v) is 14.2. The Hall–Kier alpha value is -0.740. The smallest absolute Gasteiger partial charge is 0.161 e. The maximum atomic E-state index is 5.33. The lowest BCUT2D eigenvalue weighted by molar-refractivity contribution is 0.285. The number of hydrogen-bond acceptors (Lipinski definition) is 3. The standard InChI is InChI=1S/C15H24BrNO2/c1-10(15(2,3)4)17-9-11-7-13(18-5)14(19-6)8-12(11)16/h7-8,10,17H,9H2,1-6H3. The number of methoxy groups -OCH3 is 2. The van der Waals surface area contributed by atoms with Gasteiger partial charge in [0.05, 0.1) is 14.2 Å². The monoisotopic (exact) mass is 329 g/mol. The highest BCUT2D eigenvalue weighted by Crippen LogP contribution is 2.33. The van der Waals surface area contributed by atoms with Crippen LogP contribution in [0.1, 0.15) is 33.3 Å². The van der Waals surface area contributed by atoms with Crippen LogP contribution in [0.3, 0.4) is 0 Å². The minimum Gasteiger partial charge on any atom is -0.493 e. The summed E-state index contributed by atoms with van der Waals surface area (Å²) in [6.45, 7) is 9.69. The van der Waals surface area contributed by atoms with Gasteiger partial charge in [-0.2, -0.15) is 0 Å². The first kappa shape index (κ1) is 16.3. The van der Waals surface area contributed by atoms with Crippen molar-refractivity contribution >= 4 is 15.9 Å². The van der Waals surface area contributed by atoms with Crippen molar-refractivity contribution in [2.24, 2.45) is 5.41 Å². The van der Waals surface area contributed by atoms with Crippen LogP contribution < -0.4 is 14.8 Å². The van der Waals surface area contributed by atoms with E-state index >= 15 is 0 Å². The Kier molecular flexibility index (Phi) is 5.68. The van der Waals surface area contributed by atoms with Crippen LogP contribution in [-0.2, 0) is 6.54 Å². The van der Waals surface area contributed by atoms with Crippen LogP contribution in [-0.4, -0.2) is 20.3 Å². The number of nitrogens with one attached hydrogen (secondary N) is 1. The van der Waals surface area contributed by atoms with E-state index in [-0.39, 0.29) is 5.41 Å². The third kappa shape index (κ3) is 4.39. The van der Waals surface area contributed by atoms with E-state index in [0.717, 1.165) is 28.1 Å². The number of benzene rings is 1. The van der Waals surface area contributed by atoms with Crippen LogP contribution in [0.4, 0.5) is 0 Å². The Balaban J connectivity index is 2.84. The van der Waals surface area contributed by atoms with Gasteiger partial charge in [0.25, 0.3) is 0 Å². The van der Waals surface area contributed by atoms with E-state index in [0.29, 0.717) is 6.04 Å². The molecule has 0 fully saturated rings. The molecule has 1 aromatic rings. The average molecular weight is 330 g/mol.